The third kappa shape index (κ3) is 30.2. The summed E-state index contributed by atoms with van der Waals surface area (Å²) in [6.07, 6.45) is 39.6. The van der Waals surface area contributed by atoms with Crippen LogP contribution in [0.1, 0.15) is 213 Å². The van der Waals surface area contributed by atoms with Crippen molar-refractivity contribution in [2.75, 3.05) is 0 Å². The highest BCUT2D eigenvalue weighted by molar-refractivity contribution is 5.76. The lowest BCUT2D eigenvalue weighted by molar-refractivity contribution is -0.123. The lowest BCUT2D eigenvalue weighted by atomic mass is 9.92. The molecule has 0 aliphatic rings. The average Bonchev–Trinajstić information content (AvgIpc) is 2.92. The molecular formula is C36H73NO2. The van der Waals surface area contributed by atoms with Gasteiger partial charge < -0.3 is 10.8 Å². The molecule has 3 heteroatoms. The maximum Gasteiger partial charge on any atom is 0.220 e. The number of carbonyl (C=O) groups is 1. The number of unbranched alkanes of at least 4 members (excludes halogenated alkanes) is 26. The summed E-state index contributed by atoms with van der Waals surface area (Å²) in [7, 11) is 0. The van der Waals surface area contributed by atoms with Crippen molar-refractivity contribution in [1.29, 1.82) is 0 Å². The Bertz CT molecular complexity index is 481. The normalized spacial score (nSPS) is 13.1. The second kappa shape index (κ2) is 32.0. The summed E-state index contributed by atoms with van der Waals surface area (Å²) in [5.74, 6) is -0.367. The monoisotopic (exact) mass is 552 g/mol. The van der Waals surface area contributed by atoms with Gasteiger partial charge >= 0.3 is 0 Å². The Morgan fingerprint density at radius 3 is 1.00 bits per heavy atom. The fourth-order valence-electron chi connectivity index (χ4n) is 5.98. The van der Waals surface area contributed by atoms with Crippen molar-refractivity contribution >= 4 is 5.91 Å². The Morgan fingerprint density at radius 2 is 0.718 bits per heavy atom. The van der Waals surface area contributed by atoms with E-state index in [1.807, 2.05) is 0 Å². The van der Waals surface area contributed by atoms with Gasteiger partial charge in [-0.2, -0.15) is 0 Å². The molecule has 0 bridgehead atoms. The summed E-state index contributed by atoms with van der Waals surface area (Å²) in [5, 5.41) is 10.5. The van der Waals surface area contributed by atoms with Crippen LogP contribution in [0, 0.1) is 5.92 Å². The Labute approximate surface area is 246 Å². The van der Waals surface area contributed by atoms with Crippen LogP contribution in [-0.2, 0) is 4.79 Å². The van der Waals surface area contributed by atoms with Gasteiger partial charge in [0.15, 0.2) is 0 Å². The molecule has 0 rings (SSSR count). The largest absolute Gasteiger partial charge is 0.393 e. The summed E-state index contributed by atoms with van der Waals surface area (Å²) in [6, 6.07) is 0. The third-order valence-electron chi connectivity index (χ3n) is 8.76. The first-order valence-corrected chi connectivity index (χ1v) is 18.1. The molecule has 39 heavy (non-hydrogen) atoms. The molecule has 0 aromatic carbocycles. The first-order valence-electron chi connectivity index (χ1n) is 18.1. The maximum absolute atomic E-state index is 11.9. The molecule has 0 saturated carbocycles. The average molecular weight is 552 g/mol. The minimum atomic E-state index is -0.369. The van der Waals surface area contributed by atoms with Gasteiger partial charge in [0.2, 0.25) is 5.91 Å². The highest BCUT2D eigenvalue weighted by Gasteiger charge is 2.19. The zero-order valence-corrected chi connectivity index (χ0v) is 27.0. The van der Waals surface area contributed by atoms with Gasteiger partial charge in [-0.25, -0.2) is 0 Å². The molecule has 0 aromatic heterocycles. The summed E-state index contributed by atoms with van der Waals surface area (Å²) < 4.78 is 0. The Morgan fingerprint density at radius 1 is 0.462 bits per heavy atom. The molecule has 234 valence electrons. The van der Waals surface area contributed by atoms with E-state index in [1.165, 1.54) is 167 Å². The van der Waals surface area contributed by atoms with Gasteiger partial charge in [0.25, 0.3) is 0 Å². The van der Waals surface area contributed by atoms with Crippen molar-refractivity contribution in [2.24, 2.45) is 11.7 Å². The van der Waals surface area contributed by atoms with E-state index in [0.717, 1.165) is 25.7 Å². The van der Waals surface area contributed by atoms with E-state index in [0.29, 0.717) is 6.42 Å². The highest BCUT2D eigenvalue weighted by atomic mass is 16.3. The molecular weight excluding hydrogens is 478 g/mol. The van der Waals surface area contributed by atoms with Crippen molar-refractivity contribution in [2.45, 2.75) is 219 Å². The zero-order chi connectivity index (χ0) is 28.7. The fraction of sp³-hybridized carbons (Fsp3) is 0.972. The van der Waals surface area contributed by atoms with Gasteiger partial charge in [0.1, 0.15) is 0 Å². The summed E-state index contributed by atoms with van der Waals surface area (Å²) in [4.78, 5) is 11.9. The van der Waals surface area contributed by atoms with E-state index in [4.69, 9.17) is 5.73 Å². The second-order valence-corrected chi connectivity index (χ2v) is 12.8. The Balaban J connectivity index is 3.52. The molecule has 0 spiro atoms. The molecule has 3 nitrogen and oxygen atoms in total. The van der Waals surface area contributed by atoms with Crippen LogP contribution in [0.25, 0.3) is 0 Å². The zero-order valence-electron chi connectivity index (χ0n) is 27.0. The van der Waals surface area contributed by atoms with E-state index >= 15 is 0 Å². The molecule has 0 aliphatic carbocycles. The minimum Gasteiger partial charge on any atom is -0.393 e. The molecule has 0 fully saturated rings. The molecule has 0 aliphatic heterocycles. The van der Waals surface area contributed by atoms with Gasteiger partial charge in [0, 0.05) is 5.92 Å². The quantitative estimate of drug-likeness (QED) is 0.0796. The van der Waals surface area contributed by atoms with Gasteiger partial charge in [-0.3, -0.25) is 4.79 Å². The third-order valence-corrected chi connectivity index (χ3v) is 8.76. The number of hydrogen-bond donors (Lipinski definition) is 2. The van der Waals surface area contributed by atoms with Crippen LogP contribution in [0.15, 0.2) is 0 Å². The lowest BCUT2D eigenvalue weighted by Crippen LogP contribution is -2.27. The van der Waals surface area contributed by atoms with Gasteiger partial charge in [-0.1, -0.05) is 194 Å². The van der Waals surface area contributed by atoms with Gasteiger partial charge in [-0.05, 0) is 19.3 Å². The van der Waals surface area contributed by atoms with Crippen molar-refractivity contribution in [3.63, 3.8) is 0 Å². The lowest BCUT2D eigenvalue weighted by Gasteiger charge is -2.17. The summed E-state index contributed by atoms with van der Waals surface area (Å²) in [6.45, 7) is 4.56. The summed E-state index contributed by atoms with van der Waals surface area (Å²) >= 11 is 0. The van der Waals surface area contributed by atoms with Crippen LogP contribution in [0.5, 0.6) is 0 Å². The topological polar surface area (TPSA) is 63.3 Å². The predicted molar refractivity (Wildman–Crippen MR) is 173 cm³/mol. The minimum absolute atomic E-state index is 0.149. The molecule has 0 saturated heterocycles. The highest BCUT2D eigenvalue weighted by Crippen LogP contribution is 2.20. The smallest absolute Gasteiger partial charge is 0.220 e. The molecule has 2 atom stereocenters. The second-order valence-electron chi connectivity index (χ2n) is 12.8. The Hall–Kier alpha value is -0.570. The van der Waals surface area contributed by atoms with Crippen molar-refractivity contribution in [1.82, 2.24) is 0 Å². The van der Waals surface area contributed by atoms with E-state index in [2.05, 4.69) is 13.8 Å². The predicted octanol–water partition coefficient (Wildman–Crippen LogP) is 11.6. The molecule has 0 aromatic rings. The number of carbonyl (C=O) groups excluding carboxylic acids is 1. The maximum atomic E-state index is 11.9. The first kappa shape index (κ1) is 38.4. The number of amides is 1. The standard InChI is InChI=1S/C36H73NO2/c1-3-5-7-9-11-13-15-17-19-21-23-25-27-29-31-34(36(37)39)33-35(38)32-30-28-26-24-22-20-18-16-14-12-10-8-6-4-2/h34-35,38H,3-33H2,1-2H3,(H2,37,39). The van der Waals surface area contributed by atoms with Crippen LogP contribution in [-0.4, -0.2) is 17.1 Å². The molecule has 3 N–H and O–H groups in total. The van der Waals surface area contributed by atoms with E-state index in [-0.39, 0.29) is 17.9 Å². The van der Waals surface area contributed by atoms with Crippen LogP contribution < -0.4 is 5.73 Å². The van der Waals surface area contributed by atoms with Gasteiger partial charge in [-0.15, -0.1) is 0 Å². The molecule has 2 unspecified atom stereocenters. The van der Waals surface area contributed by atoms with Crippen LogP contribution >= 0.6 is 0 Å². The number of primary amides is 1. The molecule has 1 amide bonds. The SMILES string of the molecule is CCCCCCCCCCCCCCCCC(O)CC(CCCCCCCCCCCCCCCC)C(N)=O. The van der Waals surface area contributed by atoms with E-state index in [9.17, 15) is 9.90 Å². The summed E-state index contributed by atoms with van der Waals surface area (Å²) in [5.41, 5.74) is 5.67. The number of hydrogen-bond acceptors (Lipinski definition) is 2. The number of rotatable bonds is 33. The Kier molecular flexibility index (Phi) is 31.5. The van der Waals surface area contributed by atoms with Gasteiger partial charge in [0.05, 0.1) is 6.10 Å². The van der Waals surface area contributed by atoms with Crippen molar-refractivity contribution < 1.29 is 9.90 Å². The number of aliphatic hydroxyl groups excluding tert-OH is 1. The first-order chi connectivity index (χ1) is 19.1. The van der Waals surface area contributed by atoms with Crippen LogP contribution in [0.4, 0.5) is 0 Å². The van der Waals surface area contributed by atoms with Crippen LogP contribution in [0.2, 0.25) is 0 Å². The molecule has 0 radical (unpaired) electrons. The van der Waals surface area contributed by atoms with Crippen molar-refractivity contribution in [3.05, 3.63) is 0 Å². The molecule has 0 heterocycles. The van der Waals surface area contributed by atoms with E-state index < -0.39 is 0 Å². The number of nitrogens with two attached hydrogens (primary N) is 1. The fourth-order valence-corrected chi connectivity index (χ4v) is 5.98. The van der Waals surface area contributed by atoms with E-state index in [1.54, 1.807) is 0 Å². The number of aliphatic hydroxyl groups is 1. The van der Waals surface area contributed by atoms with Crippen LogP contribution in [0.3, 0.4) is 0 Å². The van der Waals surface area contributed by atoms with Crippen molar-refractivity contribution in [3.8, 4) is 0 Å².